The molecular formula is C19H23ClN2. The molecule has 0 saturated carbocycles. The summed E-state index contributed by atoms with van der Waals surface area (Å²) in [6.45, 7) is 0.739. The molecule has 0 saturated heterocycles. The normalized spacial score (nSPS) is 12.3. The van der Waals surface area contributed by atoms with Gasteiger partial charge in [-0.1, -0.05) is 55.0 Å². The fraction of sp³-hybridized carbons (Fsp3) is 0.263. The van der Waals surface area contributed by atoms with Gasteiger partial charge in [-0.15, -0.1) is 12.4 Å². The van der Waals surface area contributed by atoms with Crippen LogP contribution in [0.5, 0.6) is 0 Å². The number of fused-ring (bicyclic) bond motifs is 2. The van der Waals surface area contributed by atoms with Crippen LogP contribution in [0.2, 0.25) is 0 Å². The van der Waals surface area contributed by atoms with Crippen molar-refractivity contribution in [2.75, 3.05) is 6.54 Å². The van der Waals surface area contributed by atoms with Crippen LogP contribution >= 0.6 is 12.4 Å². The molecule has 0 bridgehead atoms. The van der Waals surface area contributed by atoms with Crippen molar-refractivity contribution >= 4 is 34.0 Å². The lowest BCUT2D eigenvalue weighted by Crippen LogP contribution is -2.12. The zero-order valence-corrected chi connectivity index (χ0v) is 13.5. The standard InChI is InChI=1S/C19H22N2.ClH/c20-12-6-5-11-18(21)19-16-9-3-1-7-14(16)13-15-8-2-4-10-17(15)19;/h1-4,7-10,13,18H,5-6,11-12,20-21H2;1H/t18-;/m0./s1. The van der Waals surface area contributed by atoms with E-state index in [0.717, 1.165) is 25.8 Å². The van der Waals surface area contributed by atoms with E-state index in [9.17, 15) is 0 Å². The maximum Gasteiger partial charge on any atom is 0.0307 e. The van der Waals surface area contributed by atoms with Crippen LogP contribution in [0.3, 0.4) is 0 Å². The van der Waals surface area contributed by atoms with Crippen LogP contribution in [0.15, 0.2) is 54.6 Å². The van der Waals surface area contributed by atoms with E-state index < -0.39 is 0 Å². The molecule has 0 fully saturated rings. The van der Waals surface area contributed by atoms with E-state index in [0.29, 0.717) is 0 Å². The molecule has 4 N–H and O–H groups in total. The van der Waals surface area contributed by atoms with Crippen molar-refractivity contribution in [1.29, 1.82) is 0 Å². The molecule has 0 unspecified atom stereocenters. The van der Waals surface area contributed by atoms with E-state index in [4.69, 9.17) is 11.5 Å². The molecule has 0 aliphatic rings. The molecule has 1 atom stereocenters. The first kappa shape index (κ1) is 16.8. The average Bonchev–Trinajstić information content (AvgIpc) is 2.52. The molecule has 0 aliphatic heterocycles. The predicted molar refractivity (Wildman–Crippen MR) is 98.5 cm³/mol. The van der Waals surface area contributed by atoms with Crippen molar-refractivity contribution in [2.24, 2.45) is 11.5 Å². The highest BCUT2D eigenvalue weighted by Gasteiger charge is 2.13. The lowest BCUT2D eigenvalue weighted by molar-refractivity contribution is 0.596. The lowest BCUT2D eigenvalue weighted by Gasteiger charge is -2.18. The van der Waals surface area contributed by atoms with Gasteiger partial charge in [0.2, 0.25) is 0 Å². The Balaban J connectivity index is 0.00000176. The highest BCUT2D eigenvalue weighted by atomic mass is 35.5. The summed E-state index contributed by atoms with van der Waals surface area (Å²) in [6.07, 6.45) is 3.10. The third kappa shape index (κ3) is 3.25. The summed E-state index contributed by atoms with van der Waals surface area (Å²) in [6, 6.07) is 19.4. The van der Waals surface area contributed by atoms with Crippen LogP contribution in [0.25, 0.3) is 21.5 Å². The summed E-state index contributed by atoms with van der Waals surface area (Å²) >= 11 is 0. The van der Waals surface area contributed by atoms with Crippen LogP contribution in [-0.4, -0.2) is 6.54 Å². The maximum absolute atomic E-state index is 6.53. The van der Waals surface area contributed by atoms with E-state index in [2.05, 4.69) is 54.6 Å². The summed E-state index contributed by atoms with van der Waals surface area (Å²) in [5.74, 6) is 0. The largest absolute Gasteiger partial charge is 0.330 e. The van der Waals surface area contributed by atoms with E-state index in [-0.39, 0.29) is 18.4 Å². The first-order chi connectivity index (χ1) is 10.3. The van der Waals surface area contributed by atoms with Gasteiger partial charge in [0.05, 0.1) is 0 Å². The minimum Gasteiger partial charge on any atom is -0.330 e. The Morgan fingerprint density at radius 1 is 0.818 bits per heavy atom. The Labute approximate surface area is 137 Å². The van der Waals surface area contributed by atoms with Gasteiger partial charge in [0.25, 0.3) is 0 Å². The van der Waals surface area contributed by atoms with E-state index in [1.165, 1.54) is 27.1 Å². The summed E-state index contributed by atoms with van der Waals surface area (Å²) in [5.41, 5.74) is 13.4. The fourth-order valence-electron chi connectivity index (χ4n) is 3.10. The number of unbranched alkanes of at least 4 members (excludes halogenated alkanes) is 1. The molecule has 3 heteroatoms. The number of halogens is 1. The van der Waals surface area contributed by atoms with Crippen molar-refractivity contribution in [3.63, 3.8) is 0 Å². The minimum absolute atomic E-state index is 0. The van der Waals surface area contributed by atoms with Gasteiger partial charge in [-0.05, 0) is 52.6 Å². The van der Waals surface area contributed by atoms with Crippen molar-refractivity contribution in [2.45, 2.75) is 25.3 Å². The van der Waals surface area contributed by atoms with E-state index in [1.54, 1.807) is 0 Å². The maximum atomic E-state index is 6.53. The average molecular weight is 315 g/mol. The highest BCUT2D eigenvalue weighted by Crippen LogP contribution is 2.33. The van der Waals surface area contributed by atoms with Crippen LogP contribution in [-0.2, 0) is 0 Å². The quantitative estimate of drug-likeness (QED) is 0.536. The number of hydrogen-bond acceptors (Lipinski definition) is 2. The molecular weight excluding hydrogens is 292 g/mol. The van der Waals surface area contributed by atoms with Gasteiger partial charge in [0, 0.05) is 6.04 Å². The van der Waals surface area contributed by atoms with Crippen molar-refractivity contribution in [3.05, 3.63) is 60.2 Å². The number of hydrogen-bond donors (Lipinski definition) is 2. The van der Waals surface area contributed by atoms with Crippen LogP contribution < -0.4 is 11.5 Å². The van der Waals surface area contributed by atoms with Crippen LogP contribution in [0, 0.1) is 0 Å². The minimum atomic E-state index is 0. The molecule has 116 valence electrons. The first-order valence-corrected chi connectivity index (χ1v) is 7.67. The third-order valence-corrected chi connectivity index (χ3v) is 4.15. The van der Waals surface area contributed by atoms with Crippen LogP contribution in [0.1, 0.15) is 30.9 Å². The molecule has 2 nitrogen and oxygen atoms in total. The Morgan fingerprint density at radius 2 is 1.36 bits per heavy atom. The smallest absolute Gasteiger partial charge is 0.0307 e. The van der Waals surface area contributed by atoms with Crippen LogP contribution in [0.4, 0.5) is 0 Å². The molecule has 3 aromatic rings. The summed E-state index contributed by atoms with van der Waals surface area (Å²) in [7, 11) is 0. The summed E-state index contributed by atoms with van der Waals surface area (Å²) < 4.78 is 0. The first-order valence-electron chi connectivity index (χ1n) is 7.67. The summed E-state index contributed by atoms with van der Waals surface area (Å²) in [4.78, 5) is 0. The Kier molecular flexibility index (Phi) is 5.78. The van der Waals surface area contributed by atoms with Gasteiger partial charge < -0.3 is 11.5 Å². The fourth-order valence-corrected chi connectivity index (χ4v) is 3.10. The Hall–Kier alpha value is -1.61. The summed E-state index contributed by atoms with van der Waals surface area (Å²) in [5, 5.41) is 5.08. The van der Waals surface area contributed by atoms with Gasteiger partial charge in [-0.2, -0.15) is 0 Å². The van der Waals surface area contributed by atoms with E-state index in [1.807, 2.05) is 0 Å². The van der Waals surface area contributed by atoms with Crippen molar-refractivity contribution in [1.82, 2.24) is 0 Å². The highest BCUT2D eigenvalue weighted by molar-refractivity contribution is 6.02. The third-order valence-electron chi connectivity index (χ3n) is 4.15. The SMILES string of the molecule is Cl.NCCCC[C@H](N)c1c2ccccc2cc2ccccc12. The second kappa shape index (κ2) is 7.59. The molecule has 3 rings (SSSR count). The van der Waals surface area contributed by atoms with Gasteiger partial charge in [0.15, 0.2) is 0 Å². The predicted octanol–water partition coefficient (Wildman–Crippen LogP) is 4.54. The topological polar surface area (TPSA) is 52.0 Å². The molecule has 0 spiro atoms. The van der Waals surface area contributed by atoms with Gasteiger partial charge in [-0.25, -0.2) is 0 Å². The molecule has 3 aromatic carbocycles. The number of nitrogens with two attached hydrogens (primary N) is 2. The number of rotatable bonds is 5. The Bertz CT molecular complexity index is 701. The monoisotopic (exact) mass is 314 g/mol. The Morgan fingerprint density at radius 3 is 1.91 bits per heavy atom. The molecule has 0 heterocycles. The van der Waals surface area contributed by atoms with Crippen molar-refractivity contribution in [3.8, 4) is 0 Å². The number of benzene rings is 3. The van der Waals surface area contributed by atoms with Gasteiger partial charge in [-0.3, -0.25) is 0 Å². The second-order valence-corrected chi connectivity index (χ2v) is 5.62. The zero-order valence-electron chi connectivity index (χ0n) is 12.7. The molecule has 22 heavy (non-hydrogen) atoms. The zero-order chi connectivity index (χ0) is 14.7. The van der Waals surface area contributed by atoms with Crippen molar-refractivity contribution < 1.29 is 0 Å². The molecule has 0 aliphatic carbocycles. The molecule has 0 radical (unpaired) electrons. The molecule has 0 aromatic heterocycles. The molecule has 0 amide bonds. The van der Waals surface area contributed by atoms with E-state index >= 15 is 0 Å². The van der Waals surface area contributed by atoms with Gasteiger partial charge >= 0.3 is 0 Å². The lowest BCUT2D eigenvalue weighted by atomic mass is 9.90. The second-order valence-electron chi connectivity index (χ2n) is 5.62. The van der Waals surface area contributed by atoms with Gasteiger partial charge in [0.1, 0.15) is 0 Å².